The van der Waals surface area contributed by atoms with Crippen molar-refractivity contribution in [2.75, 3.05) is 18.1 Å². The van der Waals surface area contributed by atoms with E-state index >= 15 is 0 Å². The van der Waals surface area contributed by atoms with Gasteiger partial charge in [-0.25, -0.2) is 0 Å². The Labute approximate surface area is 126 Å². The Kier molecular flexibility index (Phi) is 4.94. The summed E-state index contributed by atoms with van der Waals surface area (Å²) in [7, 11) is 0. The average Bonchev–Trinajstić information content (AvgIpc) is 2.82. The topological polar surface area (TPSA) is 62.4 Å². The molecule has 0 aromatic carbocycles. The summed E-state index contributed by atoms with van der Waals surface area (Å²) in [6, 6.07) is 2.55. The largest absolute Gasteiger partial charge is 0.396 e. The van der Waals surface area contributed by atoms with Crippen LogP contribution >= 0.6 is 12.2 Å². The summed E-state index contributed by atoms with van der Waals surface area (Å²) in [5.74, 6) is 0. The van der Waals surface area contributed by atoms with E-state index in [-0.39, 0.29) is 6.61 Å². The summed E-state index contributed by atoms with van der Waals surface area (Å²) in [4.78, 5) is 7.29. The monoisotopic (exact) mass is 293 g/mol. The third-order valence-corrected chi connectivity index (χ3v) is 4.14. The zero-order valence-corrected chi connectivity index (χ0v) is 13.0. The molecule has 0 aliphatic carbocycles. The number of pyridine rings is 1. The lowest BCUT2D eigenvalue weighted by Crippen LogP contribution is -2.32. The van der Waals surface area contributed by atoms with Crippen LogP contribution in [-0.4, -0.2) is 34.3 Å². The van der Waals surface area contributed by atoms with E-state index in [1.54, 1.807) is 0 Å². The van der Waals surface area contributed by atoms with Gasteiger partial charge in [-0.2, -0.15) is 0 Å². The highest BCUT2D eigenvalue weighted by Crippen LogP contribution is 2.32. The molecular formula is C15H23N3OS. The molecule has 0 radical (unpaired) electrons. The van der Waals surface area contributed by atoms with Crippen LogP contribution in [0.3, 0.4) is 0 Å². The lowest BCUT2D eigenvalue weighted by molar-refractivity contribution is 0.279. The molecule has 2 heterocycles. The molecule has 1 saturated heterocycles. The minimum Gasteiger partial charge on any atom is -0.396 e. The molecule has 1 aliphatic rings. The van der Waals surface area contributed by atoms with Gasteiger partial charge in [-0.05, 0) is 45.6 Å². The molecule has 1 unspecified atom stereocenters. The zero-order chi connectivity index (χ0) is 14.7. The third kappa shape index (κ3) is 3.10. The number of anilines is 1. The van der Waals surface area contributed by atoms with E-state index in [0.29, 0.717) is 11.0 Å². The van der Waals surface area contributed by atoms with E-state index in [1.807, 2.05) is 13.8 Å². The molecule has 0 amide bonds. The Morgan fingerprint density at radius 1 is 1.55 bits per heavy atom. The van der Waals surface area contributed by atoms with Crippen molar-refractivity contribution < 1.29 is 5.11 Å². The van der Waals surface area contributed by atoms with Gasteiger partial charge in [-0.15, -0.1) is 0 Å². The highest BCUT2D eigenvalue weighted by atomic mass is 32.1. The van der Waals surface area contributed by atoms with E-state index < -0.39 is 0 Å². The number of aryl methyl sites for hydroxylation is 2. The van der Waals surface area contributed by atoms with Crippen LogP contribution in [0.4, 0.5) is 5.69 Å². The Morgan fingerprint density at radius 2 is 2.30 bits per heavy atom. The first-order chi connectivity index (χ1) is 9.54. The fraction of sp³-hybridized carbons (Fsp3) is 0.600. The first-order valence-electron chi connectivity index (χ1n) is 7.20. The van der Waals surface area contributed by atoms with E-state index in [9.17, 15) is 0 Å². The summed E-state index contributed by atoms with van der Waals surface area (Å²) in [5, 5.41) is 9.05. The van der Waals surface area contributed by atoms with Crippen LogP contribution in [0.25, 0.3) is 0 Å². The van der Waals surface area contributed by atoms with Crippen LogP contribution in [0, 0.1) is 13.8 Å². The Bertz CT molecular complexity index is 504. The summed E-state index contributed by atoms with van der Waals surface area (Å²) in [6.45, 7) is 5.23. The lowest BCUT2D eigenvalue weighted by atomic mass is 10.1. The van der Waals surface area contributed by atoms with E-state index in [1.165, 1.54) is 6.42 Å². The van der Waals surface area contributed by atoms with Crippen LogP contribution < -0.4 is 10.6 Å². The molecule has 110 valence electrons. The minimum atomic E-state index is 0.251. The van der Waals surface area contributed by atoms with Crippen molar-refractivity contribution in [1.82, 2.24) is 4.98 Å². The minimum absolute atomic E-state index is 0.251. The van der Waals surface area contributed by atoms with Gasteiger partial charge in [-0.1, -0.05) is 12.2 Å². The number of rotatable bonds is 5. The lowest BCUT2D eigenvalue weighted by Gasteiger charge is -2.29. The fourth-order valence-corrected chi connectivity index (χ4v) is 3.37. The van der Waals surface area contributed by atoms with Gasteiger partial charge >= 0.3 is 0 Å². The standard InChI is InChI=1S/C15H23N3OS/c1-10-9-13(14(15(16)20)11(2)17-10)18-7-3-5-12(18)6-4-8-19/h9,12,19H,3-8H2,1-2H3,(H2,16,20). The molecule has 3 N–H and O–H groups in total. The number of nitrogens with zero attached hydrogens (tertiary/aromatic N) is 2. The number of hydrogen-bond donors (Lipinski definition) is 2. The van der Waals surface area contributed by atoms with Gasteiger partial charge < -0.3 is 15.7 Å². The number of hydrogen-bond acceptors (Lipinski definition) is 4. The quantitative estimate of drug-likeness (QED) is 0.814. The van der Waals surface area contributed by atoms with Gasteiger partial charge in [0, 0.05) is 30.6 Å². The summed E-state index contributed by atoms with van der Waals surface area (Å²) < 4.78 is 0. The molecule has 5 heteroatoms. The van der Waals surface area contributed by atoms with E-state index in [2.05, 4.69) is 16.0 Å². The molecule has 1 aromatic heterocycles. The maximum atomic E-state index is 9.05. The number of thiocarbonyl (C=S) groups is 1. The predicted octanol–water partition coefficient (Wildman–Crippen LogP) is 2.07. The van der Waals surface area contributed by atoms with Gasteiger partial charge in [0.1, 0.15) is 4.99 Å². The van der Waals surface area contributed by atoms with Crippen molar-refractivity contribution in [2.24, 2.45) is 5.73 Å². The van der Waals surface area contributed by atoms with Crippen LogP contribution in [0.1, 0.15) is 42.6 Å². The predicted molar refractivity (Wildman–Crippen MR) is 86.3 cm³/mol. The molecule has 1 atom stereocenters. The molecular weight excluding hydrogens is 270 g/mol. The zero-order valence-electron chi connectivity index (χ0n) is 12.2. The molecule has 1 aromatic rings. The van der Waals surface area contributed by atoms with Gasteiger partial charge in [0.25, 0.3) is 0 Å². The van der Waals surface area contributed by atoms with Crippen molar-refractivity contribution in [3.8, 4) is 0 Å². The van der Waals surface area contributed by atoms with Crippen LogP contribution in [-0.2, 0) is 0 Å². The third-order valence-electron chi connectivity index (χ3n) is 3.94. The Balaban J connectivity index is 2.37. The van der Waals surface area contributed by atoms with E-state index in [0.717, 1.165) is 48.4 Å². The average molecular weight is 293 g/mol. The highest BCUT2D eigenvalue weighted by Gasteiger charge is 2.27. The second kappa shape index (κ2) is 6.50. The molecule has 1 fully saturated rings. The van der Waals surface area contributed by atoms with Crippen LogP contribution in [0.5, 0.6) is 0 Å². The molecule has 2 rings (SSSR count). The number of aliphatic hydroxyl groups excluding tert-OH is 1. The summed E-state index contributed by atoms with van der Waals surface area (Å²) in [5.41, 5.74) is 9.82. The second-order valence-electron chi connectivity index (χ2n) is 5.46. The SMILES string of the molecule is Cc1cc(N2CCCC2CCCO)c(C(N)=S)c(C)n1. The molecule has 0 bridgehead atoms. The van der Waals surface area contributed by atoms with E-state index in [4.69, 9.17) is 23.1 Å². The molecule has 20 heavy (non-hydrogen) atoms. The summed E-state index contributed by atoms with van der Waals surface area (Å²) in [6.07, 6.45) is 4.19. The Hall–Kier alpha value is -1.20. The van der Waals surface area contributed by atoms with Crippen molar-refractivity contribution in [3.63, 3.8) is 0 Å². The van der Waals surface area contributed by atoms with Crippen molar-refractivity contribution in [2.45, 2.75) is 45.6 Å². The van der Waals surface area contributed by atoms with Gasteiger partial charge in [0.2, 0.25) is 0 Å². The van der Waals surface area contributed by atoms with Crippen molar-refractivity contribution >= 4 is 22.9 Å². The van der Waals surface area contributed by atoms with Crippen molar-refractivity contribution in [3.05, 3.63) is 23.0 Å². The normalized spacial score (nSPS) is 18.6. The second-order valence-corrected chi connectivity index (χ2v) is 5.90. The number of aliphatic hydroxyl groups is 1. The van der Waals surface area contributed by atoms with Gasteiger partial charge in [0.05, 0.1) is 11.3 Å². The maximum absolute atomic E-state index is 9.05. The number of nitrogens with two attached hydrogens (primary N) is 1. The van der Waals surface area contributed by atoms with Crippen LogP contribution in [0.15, 0.2) is 6.07 Å². The molecule has 4 nitrogen and oxygen atoms in total. The van der Waals surface area contributed by atoms with Gasteiger partial charge in [0.15, 0.2) is 0 Å². The molecule has 0 spiro atoms. The first-order valence-corrected chi connectivity index (χ1v) is 7.61. The molecule has 1 aliphatic heterocycles. The maximum Gasteiger partial charge on any atom is 0.107 e. The first kappa shape index (κ1) is 15.2. The molecule has 0 saturated carbocycles. The number of aromatic nitrogens is 1. The Morgan fingerprint density at radius 3 is 2.95 bits per heavy atom. The summed E-state index contributed by atoms with van der Waals surface area (Å²) >= 11 is 5.21. The van der Waals surface area contributed by atoms with Gasteiger partial charge in [-0.3, -0.25) is 4.98 Å². The fourth-order valence-electron chi connectivity index (χ4n) is 3.12. The smallest absolute Gasteiger partial charge is 0.107 e. The highest BCUT2D eigenvalue weighted by molar-refractivity contribution is 7.80. The van der Waals surface area contributed by atoms with Crippen LogP contribution in [0.2, 0.25) is 0 Å². The van der Waals surface area contributed by atoms with Crippen molar-refractivity contribution in [1.29, 1.82) is 0 Å².